The zero-order valence-corrected chi connectivity index (χ0v) is 12.2. The van der Waals surface area contributed by atoms with Crippen LogP contribution in [0.5, 0.6) is 0 Å². The van der Waals surface area contributed by atoms with Gasteiger partial charge in [0.25, 0.3) is 0 Å². The van der Waals surface area contributed by atoms with Crippen LogP contribution >= 0.6 is 0 Å². The maximum absolute atomic E-state index is 6.08. The second kappa shape index (κ2) is 5.66. The average molecular weight is 261 g/mol. The van der Waals surface area contributed by atoms with Crippen LogP contribution in [-0.2, 0) is 19.9 Å². The molecule has 1 unspecified atom stereocenters. The molecule has 1 heterocycles. The molecule has 106 valence electrons. The van der Waals surface area contributed by atoms with Crippen molar-refractivity contribution in [3.05, 3.63) is 17.2 Å². The van der Waals surface area contributed by atoms with Crippen LogP contribution in [0, 0.1) is 0 Å². The lowest BCUT2D eigenvalue weighted by atomic mass is 9.90. The molecular formula is C16H27N3. The van der Waals surface area contributed by atoms with E-state index in [9.17, 15) is 0 Å². The van der Waals surface area contributed by atoms with Crippen molar-refractivity contribution in [2.24, 2.45) is 12.8 Å². The van der Waals surface area contributed by atoms with Gasteiger partial charge >= 0.3 is 0 Å². The molecule has 3 heteroatoms. The summed E-state index contributed by atoms with van der Waals surface area (Å²) in [5.41, 5.74) is 8.83. The molecule has 0 aromatic carbocycles. The van der Waals surface area contributed by atoms with Gasteiger partial charge < -0.3 is 10.3 Å². The highest BCUT2D eigenvalue weighted by Crippen LogP contribution is 2.32. The maximum atomic E-state index is 6.08. The third-order valence-corrected chi connectivity index (χ3v) is 5.01. The van der Waals surface area contributed by atoms with Crippen molar-refractivity contribution in [2.75, 3.05) is 0 Å². The summed E-state index contributed by atoms with van der Waals surface area (Å²) in [4.78, 5) is 4.98. The Hall–Kier alpha value is -0.830. The minimum atomic E-state index is 0.326. The Kier molecular flexibility index (Phi) is 3.92. The summed E-state index contributed by atoms with van der Waals surface area (Å²) in [5, 5.41) is 0. The summed E-state index contributed by atoms with van der Waals surface area (Å²) in [6, 6.07) is 0.326. The number of rotatable bonds is 1. The van der Waals surface area contributed by atoms with Gasteiger partial charge in [-0.3, -0.25) is 0 Å². The fraction of sp³-hybridized carbons (Fsp3) is 0.812. The fourth-order valence-corrected chi connectivity index (χ4v) is 3.84. The van der Waals surface area contributed by atoms with Gasteiger partial charge in [-0.25, -0.2) is 4.98 Å². The smallest absolute Gasteiger partial charge is 0.112 e. The quantitative estimate of drug-likeness (QED) is 0.844. The highest BCUT2D eigenvalue weighted by Gasteiger charge is 2.25. The van der Waals surface area contributed by atoms with Crippen LogP contribution in [0.3, 0.4) is 0 Å². The van der Waals surface area contributed by atoms with E-state index in [0.717, 1.165) is 19.3 Å². The van der Waals surface area contributed by atoms with Crippen LogP contribution in [0.2, 0.25) is 0 Å². The summed E-state index contributed by atoms with van der Waals surface area (Å²) in [6.45, 7) is 0. The first-order chi connectivity index (χ1) is 9.25. The molecular weight excluding hydrogens is 234 g/mol. The Bertz CT molecular complexity index is 427. The molecule has 2 N–H and O–H groups in total. The van der Waals surface area contributed by atoms with Crippen molar-refractivity contribution in [3.8, 4) is 0 Å². The first kappa shape index (κ1) is 13.2. The van der Waals surface area contributed by atoms with E-state index >= 15 is 0 Å². The molecule has 3 rings (SSSR count). The molecule has 0 radical (unpaired) electrons. The highest BCUT2D eigenvalue weighted by molar-refractivity contribution is 5.23. The number of imidazole rings is 1. The van der Waals surface area contributed by atoms with Crippen molar-refractivity contribution in [2.45, 2.75) is 76.2 Å². The number of nitrogens with zero attached hydrogens (tertiary/aromatic N) is 2. The molecule has 1 fully saturated rings. The van der Waals surface area contributed by atoms with Gasteiger partial charge in [0.1, 0.15) is 5.82 Å². The second-order valence-electron chi connectivity index (χ2n) is 6.47. The third-order valence-electron chi connectivity index (χ3n) is 5.01. The Labute approximate surface area is 116 Å². The zero-order chi connectivity index (χ0) is 13.2. The molecule has 1 atom stereocenters. The highest BCUT2D eigenvalue weighted by atomic mass is 15.1. The van der Waals surface area contributed by atoms with E-state index in [1.165, 1.54) is 62.2 Å². The SMILES string of the molecule is Cn1c(C2CCCCCCC2)nc2c1CCC(N)C2. The Morgan fingerprint density at radius 1 is 1.05 bits per heavy atom. The Morgan fingerprint density at radius 3 is 2.47 bits per heavy atom. The predicted molar refractivity (Wildman–Crippen MR) is 78.3 cm³/mol. The summed E-state index contributed by atoms with van der Waals surface area (Å²) < 4.78 is 2.40. The molecule has 1 aromatic heterocycles. The lowest BCUT2D eigenvalue weighted by Gasteiger charge is -2.20. The average Bonchev–Trinajstić information content (AvgIpc) is 2.66. The van der Waals surface area contributed by atoms with Crippen molar-refractivity contribution in [3.63, 3.8) is 0 Å². The molecule has 19 heavy (non-hydrogen) atoms. The standard InChI is InChI=1S/C16H27N3/c1-19-15-10-9-13(17)11-14(15)18-16(19)12-7-5-3-2-4-6-8-12/h12-13H,2-11,17H2,1H3. The lowest BCUT2D eigenvalue weighted by Crippen LogP contribution is -2.28. The van der Waals surface area contributed by atoms with E-state index < -0.39 is 0 Å². The largest absolute Gasteiger partial charge is 0.335 e. The molecule has 2 aliphatic rings. The minimum Gasteiger partial charge on any atom is -0.335 e. The summed E-state index contributed by atoms with van der Waals surface area (Å²) in [7, 11) is 2.22. The Balaban J connectivity index is 1.83. The van der Waals surface area contributed by atoms with Crippen molar-refractivity contribution >= 4 is 0 Å². The van der Waals surface area contributed by atoms with Gasteiger partial charge in [0.05, 0.1) is 5.69 Å². The number of hydrogen-bond acceptors (Lipinski definition) is 2. The maximum Gasteiger partial charge on any atom is 0.112 e. The van der Waals surface area contributed by atoms with Crippen LogP contribution < -0.4 is 5.73 Å². The molecule has 0 aliphatic heterocycles. The molecule has 0 saturated heterocycles. The van der Waals surface area contributed by atoms with E-state index in [0.29, 0.717) is 12.0 Å². The molecule has 1 aromatic rings. The van der Waals surface area contributed by atoms with Gasteiger partial charge in [0.2, 0.25) is 0 Å². The number of hydrogen-bond donors (Lipinski definition) is 1. The van der Waals surface area contributed by atoms with Gasteiger partial charge in [-0.1, -0.05) is 32.1 Å². The Morgan fingerprint density at radius 2 is 1.74 bits per heavy atom. The number of fused-ring (bicyclic) bond motifs is 1. The summed E-state index contributed by atoms with van der Waals surface area (Å²) in [6.07, 6.45) is 12.9. The van der Waals surface area contributed by atoms with Crippen LogP contribution in [0.15, 0.2) is 0 Å². The number of aromatic nitrogens is 2. The van der Waals surface area contributed by atoms with E-state index in [4.69, 9.17) is 10.7 Å². The normalized spacial score (nSPS) is 25.7. The topological polar surface area (TPSA) is 43.8 Å². The molecule has 3 nitrogen and oxygen atoms in total. The van der Waals surface area contributed by atoms with Crippen molar-refractivity contribution < 1.29 is 0 Å². The predicted octanol–water partition coefficient (Wildman–Crippen LogP) is 3.06. The van der Waals surface area contributed by atoms with Gasteiger partial charge in [-0.15, -0.1) is 0 Å². The van der Waals surface area contributed by atoms with Crippen molar-refractivity contribution in [1.29, 1.82) is 0 Å². The molecule has 0 amide bonds. The molecule has 2 aliphatic carbocycles. The summed E-state index contributed by atoms with van der Waals surface area (Å²) >= 11 is 0. The van der Waals surface area contributed by atoms with Gasteiger partial charge in [0, 0.05) is 31.1 Å². The minimum absolute atomic E-state index is 0.326. The van der Waals surface area contributed by atoms with E-state index in [1.54, 1.807) is 0 Å². The van der Waals surface area contributed by atoms with Crippen LogP contribution in [0.4, 0.5) is 0 Å². The number of nitrogens with two attached hydrogens (primary N) is 1. The van der Waals surface area contributed by atoms with Gasteiger partial charge in [0.15, 0.2) is 0 Å². The van der Waals surface area contributed by atoms with Crippen molar-refractivity contribution in [1.82, 2.24) is 9.55 Å². The van der Waals surface area contributed by atoms with Gasteiger partial charge in [-0.2, -0.15) is 0 Å². The third kappa shape index (κ3) is 2.71. The first-order valence-corrected chi connectivity index (χ1v) is 8.05. The second-order valence-corrected chi connectivity index (χ2v) is 6.47. The first-order valence-electron chi connectivity index (χ1n) is 8.05. The molecule has 0 bridgehead atoms. The van der Waals surface area contributed by atoms with E-state index in [-0.39, 0.29) is 0 Å². The van der Waals surface area contributed by atoms with Gasteiger partial charge in [-0.05, 0) is 25.7 Å². The summed E-state index contributed by atoms with van der Waals surface area (Å²) in [5.74, 6) is 2.04. The van der Waals surface area contributed by atoms with E-state index in [1.807, 2.05) is 0 Å². The monoisotopic (exact) mass is 261 g/mol. The van der Waals surface area contributed by atoms with Crippen LogP contribution in [0.25, 0.3) is 0 Å². The molecule has 1 saturated carbocycles. The zero-order valence-electron chi connectivity index (χ0n) is 12.2. The van der Waals surface area contributed by atoms with E-state index in [2.05, 4.69) is 11.6 Å². The van der Waals surface area contributed by atoms with Crippen LogP contribution in [-0.4, -0.2) is 15.6 Å². The van der Waals surface area contributed by atoms with Crippen LogP contribution in [0.1, 0.15) is 74.5 Å². The molecule has 0 spiro atoms. The fourth-order valence-electron chi connectivity index (χ4n) is 3.84. The lowest BCUT2D eigenvalue weighted by molar-refractivity contribution is 0.434.